The highest BCUT2D eigenvalue weighted by molar-refractivity contribution is 7.22. The molecular weight excluding hydrogens is 641 g/mol. The Balaban J connectivity index is 1.57. The topological polar surface area (TPSA) is 0 Å². The summed E-state index contributed by atoms with van der Waals surface area (Å²) in [6, 6.07) is 9.75. The third-order valence-electron chi connectivity index (χ3n) is 11.3. The van der Waals surface area contributed by atoms with Gasteiger partial charge in [-0.3, -0.25) is 0 Å². The molecule has 0 amide bonds. The summed E-state index contributed by atoms with van der Waals surface area (Å²) in [6.45, 7) is 6.96. The van der Waals surface area contributed by atoms with Gasteiger partial charge in [0.1, 0.15) is 0 Å². The van der Waals surface area contributed by atoms with Crippen LogP contribution in [-0.4, -0.2) is 0 Å². The Labute approximate surface area is 322 Å². The molecule has 0 aromatic carbocycles. The summed E-state index contributed by atoms with van der Waals surface area (Å²) >= 11 is 4.16. The zero-order chi connectivity index (χ0) is 35.6. The summed E-state index contributed by atoms with van der Waals surface area (Å²) in [5.74, 6) is 0.885. The maximum absolute atomic E-state index is 2.47. The van der Waals surface area contributed by atoms with Crippen LogP contribution in [0.2, 0.25) is 0 Å². The van der Waals surface area contributed by atoms with E-state index in [1.807, 2.05) is 0 Å². The van der Waals surface area contributed by atoms with Gasteiger partial charge in [0.2, 0.25) is 0 Å². The van der Waals surface area contributed by atoms with E-state index in [-0.39, 0.29) is 0 Å². The van der Waals surface area contributed by atoms with E-state index in [2.05, 4.69) is 67.7 Å². The lowest BCUT2D eigenvalue weighted by molar-refractivity contribution is 0.402. The zero-order valence-electron chi connectivity index (χ0n) is 34.2. The summed E-state index contributed by atoms with van der Waals surface area (Å²) in [6.07, 6.45) is 51.7. The van der Waals surface area contributed by atoms with Crippen molar-refractivity contribution in [3.63, 3.8) is 0 Å². The van der Waals surface area contributed by atoms with Crippen LogP contribution in [0.5, 0.6) is 0 Å². The minimum atomic E-state index is 0.885. The van der Waals surface area contributed by atoms with Gasteiger partial charge < -0.3 is 0 Å². The fourth-order valence-electron chi connectivity index (χ4n) is 7.88. The van der Waals surface area contributed by atoms with Crippen molar-refractivity contribution in [3.8, 4) is 9.75 Å². The first-order valence-corrected chi connectivity index (χ1v) is 24.6. The molecule has 0 N–H and O–H groups in total. The molecule has 0 saturated heterocycles. The molecule has 1 atom stereocenters. The molecule has 0 radical (unpaired) electrons. The highest BCUT2D eigenvalue weighted by atomic mass is 32.1. The van der Waals surface area contributed by atoms with Gasteiger partial charge >= 0.3 is 0 Å². The monoisotopic (exact) mass is 727 g/mol. The Morgan fingerprint density at radius 3 is 1.02 bits per heavy atom. The smallest absolute Gasteiger partial charge is 0.0445 e. The van der Waals surface area contributed by atoms with Crippen LogP contribution in [0.4, 0.5) is 0 Å². The van der Waals surface area contributed by atoms with E-state index in [0.717, 1.165) is 5.92 Å². The molecule has 0 aliphatic carbocycles. The van der Waals surface area contributed by atoms with E-state index >= 15 is 0 Å². The third-order valence-corrected chi connectivity index (χ3v) is 13.7. The van der Waals surface area contributed by atoms with Gasteiger partial charge in [-0.05, 0) is 49.4 Å². The number of aryl methyl sites for hydroxylation is 1. The zero-order valence-corrected chi connectivity index (χ0v) is 35.8. The van der Waals surface area contributed by atoms with Gasteiger partial charge in [-0.15, -0.1) is 22.7 Å². The molecule has 50 heavy (non-hydrogen) atoms. The lowest BCUT2D eigenvalue weighted by Crippen LogP contribution is -2.04. The minimum Gasteiger partial charge on any atom is -0.139 e. The first-order chi connectivity index (χ1) is 24.8. The quantitative estimate of drug-likeness (QED) is 0.0605. The molecule has 0 saturated carbocycles. The van der Waals surface area contributed by atoms with Crippen molar-refractivity contribution < 1.29 is 0 Å². The predicted molar refractivity (Wildman–Crippen MR) is 233 cm³/mol. The molecule has 0 spiro atoms. The van der Waals surface area contributed by atoms with Crippen molar-refractivity contribution in [2.24, 2.45) is 5.92 Å². The molecule has 290 valence electrons. The van der Waals surface area contributed by atoms with E-state index in [1.165, 1.54) is 241 Å². The average molecular weight is 727 g/mol. The van der Waals surface area contributed by atoms with Gasteiger partial charge in [0, 0.05) is 19.5 Å². The molecule has 0 bridgehead atoms. The van der Waals surface area contributed by atoms with Crippen molar-refractivity contribution >= 4 is 22.7 Å². The van der Waals surface area contributed by atoms with Gasteiger partial charge in [0.05, 0.1) is 0 Å². The minimum absolute atomic E-state index is 0.885. The highest BCUT2D eigenvalue weighted by Gasteiger charge is 2.13. The molecule has 0 aliphatic rings. The van der Waals surface area contributed by atoms with Crippen molar-refractivity contribution in [3.05, 3.63) is 34.0 Å². The van der Waals surface area contributed by atoms with Crippen LogP contribution in [0.1, 0.15) is 249 Å². The Hall–Kier alpha value is -0.600. The molecule has 0 nitrogen and oxygen atoms in total. The first kappa shape index (κ1) is 45.6. The van der Waals surface area contributed by atoms with Crippen LogP contribution in [0.15, 0.2) is 24.3 Å². The fraction of sp³-hybridized carbons (Fsp3) is 0.833. The number of thiophene rings is 2. The van der Waals surface area contributed by atoms with Gasteiger partial charge in [-0.2, -0.15) is 0 Å². The molecule has 2 aromatic rings. The van der Waals surface area contributed by atoms with E-state index in [4.69, 9.17) is 0 Å². The summed E-state index contributed by atoms with van der Waals surface area (Å²) < 4.78 is 0. The summed E-state index contributed by atoms with van der Waals surface area (Å²) in [5, 5.41) is 0. The third kappa shape index (κ3) is 25.4. The second-order valence-electron chi connectivity index (χ2n) is 16.2. The van der Waals surface area contributed by atoms with E-state index in [1.54, 1.807) is 9.75 Å². The lowest BCUT2D eigenvalue weighted by Gasteiger charge is -2.16. The summed E-state index contributed by atoms with van der Waals surface area (Å²) in [7, 11) is 0. The van der Waals surface area contributed by atoms with Gasteiger partial charge in [-0.1, -0.05) is 233 Å². The van der Waals surface area contributed by atoms with Gasteiger partial charge in [0.25, 0.3) is 0 Å². The number of hydrogen-bond acceptors (Lipinski definition) is 2. The van der Waals surface area contributed by atoms with Crippen molar-refractivity contribution in [1.29, 1.82) is 0 Å². The lowest BCUT2D eigenvalue weighted by atomic mass is 9.91. The largest absolute Gasteiger partial charge is 0.139 e. The Bertz CT molecular complexity index is 953. The standard InChI is InChI=1S/C48H86S2/c1-4-7-10-13-16-18-19-20-21-22-23-24-25-26-27-29-32-35-38-45-39-41-47(49-45)48-42-40-46(50-48)43-44(36-33-30-15-12-9-6-3)37-34-31-28-17-14-11-8-5-2/h39-42,44H,4-38,43H2,1-3H3. The maximum atomic E-state index is 2.47. The molecule has 2 aromatic heterocycles. The second kappa shape index (κ2) is 34.2. The number of hydrogen-bond donors (Lipinski definition) is 0. The van der Waals surface area contributed by atoms with Crippen LogP contribution in [0, 0.1) is 5.92 Å². The van der Waals surface area contributed by atoms with Gasteiger partial charge in [-0.25, -0.2) is 0 Å². The molecule has 0 aliphatic heterocycles. The van der Waals surface area contributed by atoms with Crippen LogP contribution in [0.25, 0.3) is 9.75 Å². The van der Waals surface area contributed by atoms with Crippen LogP contribution in [-0.2, 0) is 12.8 Å². The van der Waals surface area contributed by atoms with E-state index < -0.39 is 0 Å². The molecular formula is C48H86S2. The Morgan fingerprint density at radius 1 is 0.340 bits per heavy atom. The van der Waals surface area contributed by atoms with Crippen molar-refractivity contribution in [1.82, 2.24) is 0 Å². The molecule has 0 fully saturated rings. The van der Waals surface area contributed by atoms with Crippen molar-refractivity contribution in [2.75, 3.05) is 0 Å². The summed E-state index contributed by atoms with van der Waals surface area (Å²) in [4.78, 5) is 6.25. The molecule has 1 unspecified atom stereocenters. The van der Waals surface area contributed by atoms with E-state index in [0.29, 0.717) is 0 Å². The highest BCUT2D eigenvalue weighted by Crippen LogP contribution is 2.36. The molecule has 2 rings (SSSR count). The van der Waals surface area contributed by atoms with Crippen LogP contribution >= 0.6 is 22.7 Å². The predicted octanol–water partition coefficient (Wildman–Crippen LogP) is 18.5. The molecule has 2 heteroatoms. The summed E-state index contributed by atoms with van der Waals surface area (Å²) in [5.41, 5.74) is 0. The second-order valence-corrected chi connectivity index (χ2v) is 18.5. The average Bonchev–Trinajstić information content (AvgIpc) is 3.80. The van der Waals surface area contributed by atoms with Crippen LogP contribution in [0.3, 0.4) is 0 Å². The SMILES string of the molecule is CCCCCCCCCCCCCCCCCCCCc1ccc(-c2ccc(CC(CCCCCCCC)CCCCCCCCCC)s2)s1. The normalized spacial score (nSPS) is 12.3. The number of rotatable bonds is 38. The molecule has 2 heterocycles. The Kier molecular flexibility index (Phi) is 31.1. The van der Waals surface area contributed by atoms with Gasteiger partial charge in [0.15, 0.2) is 0 Å². The van der Waals surface area contributed by atoms with Crippen molar-refractivity contribution in [2.45, 2.75) is 252 Å². The Morgan fingerprint density at radius 2 is 0.640 bits per heavy atom. The van der Waals surface area contributed by atoms with E-state index in [9.17, 15) is 0 Å². The maximum Gasteiger partial charge on any atom is 0.0445 e. The first-order valence-electron chi connectivity index (χ1n) is 22.9. The fourth-order valence-corrected chi connectivity index (χ4v) is 10.1. The van der Waals surface area contributed by atoms with Crippen LogP contribution < -0.4 is 0 Å². The number of unbranched alkanes of at least 4 members (excludes halogenated alkanes) is 29.